The second-order valence-electron chi connectivity index (χ2n) is 4.77. The highest BCUT2D eigenvalue weighted by Gasteiger charge is 2.24. The van der Waals surface area contributed by atoms with Crippen LogP contribution in [0.4, 0.5) is 4.79 Å². The molecule has 1 aliphatic heterocycles. The van der Waals surface area contributed by atoms with E-state index in [-0.39, 0.29) is 18.0 Å². The molecule has 2 N–H and O–H groups in total. The Labute approximate surface area is 120 Å². The number of carbonyl (C=O) groups is 2. The van der Waals surface area contributed by atoms with Gasteiger partial charge in [0.05, 0.1) is 6.61 Å². The van der Waals surface area contributed by atoms with Gasteiger partial charge in [0, 0.05) is 38.6 Å². The van der Waals surface area contributed by atoms with Gasteiger partial charge in [-0.1, -0.05) is 6.08 Å². The number of amides is 2. The lowest BCUT2D eigenvalue weighted by molar-refractivity contribution is -0.121. The maximum absolute atomic E-state index is 11.7. The molecule has 1 aliphatic rings. The Morgan fingerprint density at radius 1 is 1.40 bits per heavy atom. The molecule has 0 aliphatic carbocycles. The summed E-state index contributed by atoms with van der Waals surface area (Å²) < 4.78 is 4.96. The smallest absolute Gasteiger partial charge is 0.409 e. The number of hydrogen-bond acceptors (Lipinski definition) is 4. The number of rotatable bonds is 7. The van der Waals surface area contributed by atoms with Gasteiger partial charge in [0.25, 0.3) is 0 Å². The fourth-order valence-electron chi connectivity index (χ4n) is 2.13. The lowest BCUT2D eigenvalue weighted by Crippen LogP contribution is -2.47. The van der Waals surface area contributed by atoms with Crippen molar-refractivity contribution in [3.63, 3.8) is 0 Å². The van der Waals surface area contributed by atoms with Gasteiger partial charge in [-0.3, -0.25) is 4.79 Å². The van der Waals surface area contributed by atoms with Crippen LogP contribution in [0.2, 0.25) is 0 Å². The summed E-state index contributed by atoms with van der Waals surface area (Å²) >= 11 is 0. The summed E-state index contributed by atoms with van der Waals surface area (Å²) in [5.41, 5.74) is 0. The summed E-state index contributed by atoms with van der Waals surface area (Å²) in [5, 5.41) is 6.09. The van der Waals surface area contributed by atoms with Crippen molar-refractivity contribution in [2.45, 2.75) is 32.2 Å². The van der Waals surface area contributed by atoms with E-state index in [0.717, 1.165) is 12.8 Å². The Morgan fingerprint density at radius 3 is 2.70 bits per heavy atom. The first-order valence-electron chi connectivity index (χ1n) is 7.20. The van der Waals surface area contributed by atoms with Crippen molar-refractivity contribution in [1.29, 1.82) is 0 Å². The molecule has 20 heavy (non-hydrogen) atoms. The van der Waals surface area contributed by atoms with Gasteiger partial charge in [-0.15, -0.1) is 6.58 Å². The zero-order chi connectivity index (χ0) is 14.8. The lowest BCUT2D eigenvalue weighted by Gasteiger charge is -2.31. The molecule has 0 aromatic rings. The third-order valence-electron chi connectivity index (χ3n) is 3.20. The van der Waals surface area contributed by atoms with Gasteiger partial charge < -0.3 is 20.3 Å². The molecular formula is C14H25N3O3. The van der Waals surface area contributed by atoms with Crippen molar-refractivity contribution in [2.24, 2.45) is 0 Å². The van der Waals surface area contributed by atoms with Crippen LogP contribution in [-0.4, -0.2) is 55.7 Å². The lowest BCUT2D eigenvalue weighted by atomic mass is 10.1. The first-order valence-corrected chi connectivity index (χ1v) is 7.20. The Morgan fingerprint density at radius 2 is 2.10 bits per heavy atom. The van der Waals surface area contributed by atoms with E-state index in [4.69, 9.17) is 4.74 Å². The van der Waals surface area contributed by atoms with Crippen LogP contribution in [0.15, 0.2) is 12.7 Å². The van der Waals surface area contributed by atoms with E-state index in [1.54, 1.807) is 17.9 Å². The Kier molecular flexibility index (Phi) is 7.72. The molecule has 0 spiro atoms. The minimum absolute atomic E-state index is 0.0520. The SMILES string of the molecule is C=CCNCCC(=O)NC1CCN(C(=O)OCC)CC1. The summed E-state index contributed by atoms with van der Waals surface area (Å²) in [4.78, 5) is 24.9. The molecule has 1 heterocycles. The van der Waals surface area contributed by atoms with Crippen molar-refractivity contribution in [3.8, 4) is 0 Å². The molecule has 2 amide bonds. The highest BCUT2D eigenvalue weighted by Crippen LogP contribution is 2.11. The van der Waals surface area contributed by atoms with Gasteiger partial charge >= 0.3 is 6.09 Å². The quantitative estimate of drug-likeness (QED) is 0.538. The molecule has 1 fully saturated rings. The average Bonchev–Trinajstić information content (AvgIpc) is 2.45. The minimum atomic E-state index is -0.258. The maximum Gasteiger partial charge on any atom is 0.409 e. The molecule has 1 saturated heterocycles. The topological polar surface area (TPSA) is 70.7 Å². The summed E-state index contributed by atoms with van der Waals surface area (Å²) in [6.45, 7) is 8.43. The normalized spacial score (nSPS) is 15.8. The van der Waals surface area contributed by atoms with E-state index < -0.39 is 0 Å². The molecule has 0 atom stereocenters. The Hall–Kier alpha value is -1.56. The standard InChI is InChI=1S/C14H25N3O3/c1-3-8-15-9-5-13(18)16-12-6-10-17(11-7-12)14(19)20-4-2/h3,12,15H,1,4-11H2,2H3,(H,16,18). The van der Waals surface area contributed by atoms with Gasteiger partial charge in [0.15, 0.2) is 0 Å². The maximum atomic E-state index is 11.7. The van der Waals surface area contributed by atoms with Crippen molar-refractivity contribution < 1.29 is 14.3 Å². The molecule has 0 aromatic carbocycles. The zero-order valence-corrected chi connectivity index (χ0v) is 12.2. The monoisotopic (exact) mass is 283 g/mol. The fraction of sp³-hybridized carbons (Fsp3) is 0.714. The van der Waals surface area contributed by atoms with E-state index in [1.165, 1.54) is 0 Å². The van der Waals surface area contributed by atoms with Crippen LogP contribution >= 0.6 is 0 Å². The summed E-state index contributed by atoms with van der Waals surface area (Å²) in [6.07, 6.45) is 3.54. The molecule has 0 bridgehead atoms. The van der Waals surface area contributed by atoms with Crippen LogP contribution in [0, 0.1) is 0 Å². The van der Waals surface area contributed by atoms with Crippen LogP contribution in [0.3, 0.4) is 0 Å². The molecule has 0 aromatic heterocycles. The third kappa shape index (κ3) is 6.06. The predicted octanol–water partition coefficient (Wildman–Crippen LogP) is 0.889. The minimum Gasteiger partial charge on any atom is -0.450 e. The van der Waals surface area contributed by atoms with Crippen LogP contribution in [0.5, 0.6) is 0 Å². The highest BCUT2D eigenvalue weighted by atomic mass is 16.6. The first-order chi connectivity index (χ1) is 9.67. The predicted molar refractivity (Wildman–Crippen MR) is 77.4 cm³/mol. The van der Waals surface area contributed by atoms with Crippen molar-refractivity contribution in [3.05, 3.63) is 12.7 Å². The number of carbonyl (C=O) groups excluding carboxylic acids is 2. The third-order valence-corrected chi connectivity index (χ3v) is 3.20. The average molecular weight is 283 g/mol. The molecule has 0 unspecified atom stereocenters. The van der Waals surface area contributed by atoms with Crippen LogP contribution in [0.25, 0.3) is 0 Å². The van der Waals surface area contributed by atoms with E-state index >= 15 is 0 Å². The van der Waals surface area contributed by atoms with Crippen molar-refractivity contribution >= 4 is 12.0 Å². The number of hydrogen-bond donors (Lipinski definition) is 2. The van der Waals surface area contributed by atoms with Gasteiger partial charge in [0.1, 0.15) is 0 Å². The number of nitrogens with zero attached hydrogens (tertiary/aromatic N) is 1. The van der Waals surface area contributed by atoms with E-state index in [1.807, 2.05) is 0 Å². The second kappa shape index (κ2) is 9.36. The molecule has 0 saturated carbocycles. The molecular weight excluding hydrogens is 258 g/mol. The highest BCUT2D eigenvalue weighted by molar-refractivity contribution is 5.76. The van der Waals surface area contributed by atoms with E-state index in [9.17, 15) is 9.59 Å². The number of ether oxygens (including phenoxy) is 1. The largest absolute Gasteiger partial charge is 0.450 e. The van der Waals surface area contributed by atoms with Crippen LogP contribution < -0.4 is 10.6 Å². The fourth-order valence-corrected chi connectivity index (χ4v) is 2.13. The van der Waals surface area contributed by atoms with Crippen LogP contribution in [-0.2, 0) is 9.53 Å². The molecule has 6 heteroatoms. The van der Waals surface area contributed by atoms with E-state index in [2.05, 4.69) is 17.2 Å². The van der Waals surface area contributed by atoms with Gasteiger partial charge in [-0.2, -0.15) is 0 Å². The van der Waals surface area contributed by atoms with Crippen molar-refractivity contribution in [2.75, 3.05) is 32.8 Å². The summed E-state index contributed by atoms with van der Waals surface area (Å²) in [6, 6.07) is 0.160. The molecule has 6 nitrogen and oxygen atoms in total. The summed E-state index contributed by atoms with van der Waals surface area (Å²) in [7, 11) is 0. The Bertz CT molecular complexity index is 326. The van der Waals surface area contributed by atoms with Gasteiger partial charge in [0.2, 0.25) is 5.91 Å². The van der Waals surface area contributed by atoms with Crippen molar-refractivity contribution in [1.82, 2.24) is 15.5 Å². The molecule has 114 valence electrons. The summed E-state index contributed by atoms with van der Waals surface area (Å²) in [5.74, 6) is 0.0520. The molecule has 1 rings (SSSR count). The van der Waals surface area contributed by atoms with Gasteiger partial charge in [-0.05, 0) is 19.8 Å². The Balaban J connectivity index is 2.16. The zero-order valence-electron chi connectivity index (χ0n) is 12.2. The number of piperidine rings is 1. The van der Waals surface area contributed by atoms with E-state index in [0.29, 0.717) is 39.2 Å². The number of likely N-dealkylation sites (tertiary alicyclic amines) is 1. The first kappa shape index (κ1) is 16.5. The van der Waals surface area contributed by atoms with Crippen LogP contribution in [0.1, 0.15) is 26.2 Å². The second-order valence-corrected chi connectivity index (χ2v) is 4.77. The van der Waals surface area contributed by atoms with Gasteiger partial charge in [-0.25, -0.2) is 4.79 Å². The molecule has 0 radical (unpaired) electrons. The number of nitrogens with one attached hydrogen (secondary N) is 2.